The smallest absolute Gasteiger partial charge is 0.0644 e. The number of nitrogens with zero attached hydrogens (tertiary/aromatic N) is 1. The molecule has 0 radical (unpaired) electrons. The van der Waals surface area contributed by atoms with Crippen molar-refractivity contribution in [3.8, 4) is 0 Å². The van der Waals surface area contributed by atoms with Crippen LogP contribution in [0, 0.1) is 13.8 Å². The van der Waals surface area contributed by atoms with Crippen molar-refractivity contribution >= 4 is 17.3 Å². The molecule has 2 rings (SSSR count). The second-order valence-electron chi connectivity index (χ2n) is 5.02. The zero-order chi connectivity index (χ0) is 13.1. The summed E-state index contributed by atoms with van der Waals surface area (Å²) in [4.78, 5) is 2.34. The Labute approximate surface area is 114 Å². The largest absolute Gasteiger partial charge is 0.395 e. The summed E-state index contributed by atoms with van der Waals surface area (Å²) in [6.07, 6.45) is 1.10. The molecule has 1 aromatic carbocycles. The van der Waals surface area contributed by atoms with E-state index in [1.54, 1.807) is 0 Å². The summed E-state index contributed by atoms with van der Waals surface area (Å²) >= 11 is 6.36. The van der Waals surface area contributed by atoms with Crippen LogP contribution in [-0.2, 0) is 0 Å². The second-order valence-corrected chi connectivity index (χ2v) is 5.43. The van der Waals surface area contributed by atoms with Crippen LogP contribution in [0.2, 0.25) is 5.02 Å². The van der Waals surface area contributed by atoms with Crippen molar-refractivity contribution in [2.45, 2.75) is 26.3 Å². The SMILES string of the molecule is Cc1cc(C)c(N2CCC(NCCO)C2)c(Cl)c1. The average molecular weight is 269 g/mol. The first-order valence-corrected chi connectivity index (χ1v) is 6.85. The predicted molar refractivity (Wildman–Crippen MR) is 76.6 cm³/mol. The highest BCUT2D eigenvalue weighted by molar-refractivity contribution is 6.33. The maximum absolute atomic E-state index is 8.83. The zero-order valence-electron chi connectivity index (χ0n) is 11.0. The molecule has 1 aliphatic rings. The van der Waals surface area contributed by atoms with Gasteiger partial charge < -0.3 is 15.3 Å². The van der Waals surface area contributed by atoms with Crippen LogP contribution in [0.5, 0.6) is 0 Å². The van der Waals surface area contributed by atoms with Gasteiger partial charge in [-0.05, 0) is 37.5 Å². The van der Waals surface area contributed by atoms with Gasteiger partial charge >= 0.3 is 0 Å². The third-order valence-electron chi connectivity index (χ3n) is 3.45. The van der Waals surface area contributed by atoms with E-state index in [9.17, 15) is 0 Å². The minimum Gasteiger partial charge on any atom is -0.395 e. The fraction of sp³-hybridized carbons (Fsp3) is 0.571. The van der Waals surface area contributed by atoms with Crippen LogP contribution in [0.1, 0.15) is 17.5 Å². The monoisotopic (exact) mass is 268 g/mol. The van der Waals surface area contributed by atoms with Crippen molar-refractivity contribution in [1.82, 2.24) is 5.32 Å². The molecule has 18 heavy (non-hydrogen) atoms. The van der Waals surface area contributed by atoms with E-state index in [-0.39, 0.29) is 6.61 Å². The van der Waals surface area contributed by atoms with E-state index in [4.69, 9.17) is 16.7 Å². The maximum atomic E-state index is 8.83. The Hall–Kier alpha value is -0.770. The lowest BCUT2D eigenvalue weighted by Gasteiger charge is -2.23. The van der Waals surface area contributed by atoms with Crippen LogP contribution in [0.3, 0.4) is 0 Å². The van der Waals surface area contributed by atoms with E-state index in [1.807, 2.05) is 6.07 Å². The maximum Gasteiger partial charge on any atom is 0.0644 e. The van der Waals surface area contributed by atoms with Crippen LogP contribution in [0.15, 0.2) is 12.1 Å². The van der Waals surface area contributed by atoms with Gasteiger partial charge in [-0.1, -0.05) is 17.7 Å². The lowest BCUT2D eigenvalue weighted by atomic mass is 10.1. The van der Waals surface area contributed by atoms with Gasteiger partial charge in [-0.15, -0.1) is 0 Å². The van der Waals surface area contributed by atoms with Crippen molar-refractivity contribution in [2.75, 3.05) is 31.1 Å². The van der Waals surface area contributed by atoms with Crippen LogP contribution >= 0.6 is 11.6 Å². The van der Waals surface area contributed by atoms with Crippen LogP contribution in [-0.4, -0.2) is 37.4 Å². The van der Waals surface area contributed by atoms with Gasteiger partial charge in [0.05, 0.1) is 17.3 Å². The van der Waals surface area contributed by atoms with Gasteiger partial charge in [0, 0.05) is 25.7 Å². The number of hydrogen-bond donors (Lipinski definition) is 2. The van der Waals surface area contributed by atoms with Gasteiger partial charge in [0.15, 0.2) is 0 Å². The van der Waals surface area contributed by atoms with E-state index in [0.717, 1.165) is 30.2 Å². The normalized spacial score (nSPS) is 19.6. The fourth-order valence-electron chi connectivity index (χ4n) is 2.71. The molecule has 0 bridgehead atoms. The number of aryl methyl sites for hydroxylation is 2. The average Bonchev–Trinajstić information content (AvgIpc) is 2.73. The minimum absolute atomic E-state index is 0.195. The molecule has 4 heteroatoms. The van der Waals surface area contributed by atoms with E-state index in [1.165, 1.54) is 11.1 Å². The third-order valence-corrected chi connectivity index (χ3v) is 3.74. The highest BCUT2D eigenvalue weighted by Gasteiger charge is 2.24. The van der Waals surface area contributed by atoms with Crippen LogP contribution in [0.4, 0.5) is 5.69 Å². The van der Waals surface area contributed by atoms with Gasteiger partial charge in [-0.25, -0.2) is 0 Å². The Morgan fingerprint density at radius 3 is 2.89 bits per heavy atom. The molecule has 3 nitrogen and oxygen atoms in total. The first kappa shape index (κ1) is 13.7. The standard InChI is InChI=1S/C14H21ClN2O/c1-10-7-11(2)14(13(15)8-10)17-5-3-12(9-17)16-4-6-18/h7-8,12,16,18H,3-6,9H2,1-2H3. The second kappa shape index (κ2) is 5.91. The molecular formula is C14H21ClN2O. The topological polar surface area (TPSA) is 35.5 Å². The summed E-state index contributed by atoms with van der Waals surface area (Å²) in [5.74, 6) is 0. The molecule has 0 aliphatic carbocycles. The third kappa shape index (κ3) is 2.97. The molecule has 100 valence electrons. The van der Waals surface area contributed by atoms with Gasteiger partial charge in [-0.2, -0.15) is 0 Å². The molecule has 0 spiro atoms. The highest BCUT2D eigenvalue weighted by Crippen LogP contribution is 2.33. The highest BCUT2D eigenvalue weighted by atomic mass is 35.5. The first-order valence-electron chi connectivity index (χ1n) is 6.47. The molecular weight excluding hydrogens is 248 g/mol. The van der Waals surface area contributed by atoms with Crippen molar-refractivity contribution in [2.24, 2.45) is 0 Å². The summed E-state index contributed by atoms with van der Waals surface area (Å²) < 4.78 is 0. The predicted octanol–water partition coefficient (Wildman–Crippen LogP) is 2.12. The summed E-state index contributed by atoms with van der Waals surface area (Å²) in [6.45, 7) is 7.03. The molecule has 0 saturated carbocycles. The quantitative estimate of drug-likeness (QED) is 0.878. The zero-order valence-corrected chi connectivity index (χ0v) is 11.8. The number of aliphatic hydroxyl groups excluding tert-OH is 1. The summed E-state index contributed by atoms with van der Waals surface area (Å²) in [7, 11) is 0. The number of rotatable bonds is 4. The number of anilines is 1. The van der Waals surface area contributed by atoms with Gasteiger partial charge in [0.2, 0.25) is 0 Å². The van der Waals surface area contributed by atoms with E-state index in [2.05, 4.69) is 30.1 Å². The Morgan fingerprint density at radius 1 is 1.44 bits per heavy atom. The number of aliphatic hydroxyl groups is 1. The molecule has 1 heterocycles. The molecule has 1 unspecified atom stereocenters. The Bertz CT molecular complexity index is 399. The summed E-state index contributed by atoms with van der Waals surface area (Å²) in [5, 5.41) is 13.0. The van der Waals surface area contributed by atoms with Gasteiger partial charge in [0.25, 0.3) is 0 Å². The molecule has 2 N–H and O–H groups in total. The molecule has 0 amide bonds. The van der Waals surface area contributed by atoms with Gasteiger partial charge in [0.1, 0.15) is 0 Å². The van der Waals surface area contributed by atoms with Gasteiger partial charge in [-0.3, -0.25) is 0 Å². The first-order chi connectivity index (χ1) is 8.61. The van der Waals surface area contributed by atoms with E-state index >= 15 is 0 Å². The Morgan fingerprint density at radius 2 is 2.22 bits per heavy atom. The number of hydrogen-bond acceptors (Lipinski definition) is 3. The van der Waals surface area contributed by atoms with Crippen molar-refractivity contribution < 1.29 is 5.11 Å². The summed E-state index contributed by atoms with van der Waals surface area (Å²) in [5.41, 5.74) is 3.61. The van der Waals surface area contributed by atoms with E-state index < -0.39 is 0 Å². The minimum atomic E-state index is 0.195. The Kier molecular flexibility index (Phi) is 4.49. The van der Waals surface area contributed by atoms with Crippen LogP contribution in [0.25, 0.3) is 0 Å². The molecule has 1 aromatic rings. The van der Waals surface area contributed by atoms with Crippen molar-refractivity contribution in [3.63, 3.8) is 0 Å². The lowest BCUT2D eigenvalue weighted by Crippen LogP contribution is -2.34. The number of nitrogens with one attached hydrogen (secondary N) is 1. The van der Waals surface area contributed by atoms with Crippen molar-refractivity contribution in [3.05, 3.63) is 28.3 Å². The van der Waals surface area contributed by atoms with E-state index in [0.29, 0.717) is 12.6 Å². The number of halogens is 1. The van der Waals surface area contributed by atoms with Crippen LogP contribution < -0.4 is 10.2 Å². The lowest BCUT2D eigenvalue weighted by molar-refractivity contribution is 0.286. The molecule has 1 aliphatic heterocycles. The molecule has 1 fully saturated rings. The fourth-order valence-corrected chi connectivity index (χ4v) is 3.15. The van der Waals surface area contributed by atoms with Crippen molar-refractivity contribution in [1.29, 1.82) is 0 Å². The number of benzene rings is 1. The Balaban J connectivity index is 2.09. The molecule has 1 saturated heterocycles. The molecule has 0 aromatic heterocycles. The molecule has 1 atom stereocenters. The summed E-state index contributed by atoms with van der Waals surface area (Å²) in [6, 6.07) is 4.66.